The molecule has 1 atom stereocenters. The van der Waals surface area contributed by atoms with Crippen molar-refractivity contribution in [2.75, 3.05) is 6.54 Å². The van der Waals surface area contributed by atoms with Gasteiger partial charge in [-0.2, -0.15) is 0 Å². The Morgan fingerprint density at radius 3 is 2.79 bits per heavy atom. The predicted molar refractivity (Wildman–Crippen MR) is 86.9 cm³/mol. The second-order valence-electron chi connectivity index (χ2n) is 5.44. The normalized spacial score (nSPS) is 12.0. The summed E-state index contributed by atoms with van der Waals surface area (Å²) in [7, 11) is 0. The Balaban J connectivity index is 1.57. The first-order valence-corrected chi connectivity index (χ1v) is 7.83. The maximum Gasteiger partial charge on any atom is 0.245 e. The fraction of sp³-hybridized carbons (Fsp3) is 0.312. The van der Waals surface area contributed by atoms with Gasteiger partial charge in [-0.15, -0.1) is 5.10 Å². The van der Waals surface area contributed by atoms with Crippen LogP contribution in [-0.4, -0.2) is 42.2 Å². The molecule has 1 aromatic carbocycles. The van der Waals surface area contributed by atoms with E-state index in [1.807, 2.05) is 41.1 Å². The van der Waals surface area contributed by atoms with Crippen LogP contribution in [0.3, 0.4) is 0 Å². The first-order valence-electron chi connectivity index (χ1n) is 7.83. The van der Waals surface area contributed by atoms with Crippen LogP contribution in [0.5, 0.6) is 0 Å². The summed E-state index contributed by atoms with van der Waals surface area (Å²) in [5, 5.41) is 14.1. The van der Waals surface area contributed by atoms with Crippen LogP contribution in [0.2, 0.25) is 0 Å². The SMILES string of the molecule is O=C(NCCCn1ccnc1)[C@H](Cc1ccccc1)n1cnnn1. The molecule has 3 rings (SSSR count). The number of tetrazole rings is 1. The number of aryl methyl sites for hydroxylation is 1. The first kappa shape index (κ1) is 15.9. The maximum absolute atomic E-state index is 12.6. The molecule has 2 aromatic heterocycles. The predicted octanol–water partition coefficient (Wildman–Crippen LogP) is 0.860. The zero-order chi connectivity index (χ0) is 16.6. The Labute approximate surface area is 139 Å². The van der Waals surface area contributed by atoms with E-state index in [4.69, 9.17) is 0 Å². The molecule has 0 aliphatic carbocycles. The number of nitrogens with one attached hydrogen (secondary N) is 1. The maximum atomic E-state index is 12.6. The molecule has 124 valence electrons. The van der Waals surface area contributed by atoms with Crippen molar-refractivity contribution in [2.24, 2.45) is 0 Å². The van der Waals surface area contributed by atoms with E-state index in [-0.39, 0.29) is 5.91 Å². The molecule has 1 N–H and O–H groups in total. The van der Waals surface area contributed by atoms with Gasteiger partial charge in [-0.05, 0) is 22.4 Å². The second kappa shape index (κ2) is 8.00. The zero-order valence-corrected chi connectivity index (χ0v) is 13.2. The van der Waals surface area contributed by atoms with Gasteiger partial charge < -0.3 is 9.88 Å². The minimum absolute atomic E-state index is 0.0863. The van der Waals surface area contributed by atoms with Crippen molar-refractivity contribution in [2.45, 2.75) is 25.4 Å². The lowest BCUT2D eigenvalue weighted by atomic mass is 10.1. The van der Waals surface area contributed by atoms with Crippen LogP contribution < -0.4 is 5.32 Å². The Kier molecular flexibility index (Phi) is 5.28. The van der Waals surface area contributed by atoms with Crippen molar-refractivity contribution in [3.05, 3.63) is 60.9 Å². The molecule has 1 amide bonds. The first-order chi connectivity index (χ1) is 11.8. The molecule has 0 fully saturated rings. The molecule has 0 aliphatic heterocycles. The summed E-state index contributed by atoms with van der Waals surface area (Å²) in [4.78, 5) is 16.6. The molecule has 0 radical (unpaired) electrons. The van der Waals surface area contributed by atoms with Crippen LogP contribution in [-0.2, 0) is 17.8 Å². The van der Waals surface area contributed by atoms with E-state index >= 15 is 0 Å². The van der Waals surface area contributed by atoms with Crippen molar-refractivity contribution in [1.82, 2.24) is 35.1 Å². The molecule has 8 nitrogen and oxygen atoms in total. The van der Waals surface area contributed by atoms with Gasteiger partial charge in [0.25, 0.3) is 0 Å². The number of carbonyl (C=O) groups excluding carboxylic acids is 1. The van der Waals surface area contributed by atoms with Crippen LogP contribution in [0.1, 0.15) is 18.0 Å². The fourth-order valence-electron chi connectivity index (χ4n) is 2.46. The molecule has 0 bridgehead atoms. The number of aromatic nitrogens is 6. The van der Waals surface area contributed by atoms with Gasteiger partial charge in [0.15, 0.2) is 0 Å². The number of benzene rings is 1. The summed E-state index contributed by atoms with van der Waals surface area (Å²) in [6.07, 6.45) is 8.25. The third-order valence-corrected chi connectivity index (χ3v) is 3.71. The number of carbonyl (C=O) groups is 1. The molecular formula is C16H19N7O. The van der Waals surface area contributed by atoms with Crippen molar-refractivity contribution in [1.29, 1.82) is 0 Å². The highest BCUT2D eigenvalue weighted by Crippen LogP contribution is 2.13. The lowest BCUT2D eigenvalue weighted by Gasteiger charge is -2.16. The largest absolute Gasteiger partial charge is 0.354 e. The van der Waals surface area contributed by atoms with E-state index in [1.54, 1.807) is 12.5 Å². The molecule has 0 spiro atoms. The van der Waals surface area contributed by atoms with Crippen molar-refractivity contribution < 1.29 is 4.79 Å². The van der Waals surface area contributed by atoms with Gasteiger partial charge in [-0.3, -0.25) is 4.79 Å². The average molecular weight is 325 g/mol. The highest BCUT2D eigenvalue weighted by molar-refractivity contribution is 5.80. The van der Waals surface area contributed by atoms with Crippen molar-refractivity contribution in [3.8, 4) is 0 Å². The van der Waals surface area contributed by atoms with Gasteiger partial charge in [0.1, 0.15) is 12.4 Å². The van der Waals surface area contributed by atoms with Crippen LogP contribution in [0.15, 0.2) is 55.4 Å². The minimum Gasteiger partial charge on any atom is -0.354 e. The van der Waals surface area contributed by atoms with Gasteiger partial charge in [0.05, 0.1) is 6.33 Å². The quantitative estimate of drug-likeness (QED) is 0.620. The number of rotatable bonds is 8. The standard InChI is InChI=1S/C16H19N7O/c24-16(18-7-4-9-22-10-8-17-12-22)15(23-13-19-20-21-23)11-14-5-2-1-3-6-14/h1-3,5-6,8,10,12-13,15H,4,7,9,11H2,(H,18,24)/t15-/m0/s1. The summed E-state index contributed by atoms with van der Waals surface area (Å²) in [5.41, 5.74) is 1.06. The lowest BCUT2D eigenvalue weighted by Crippen LogP contribution is -2.35. The minimum atomic E-state index is -0.462. The fourth-order valence-corrected chi connectivity index (χ4v) is 2.46. The average Bonchev–Trinajstić information content (AvgIpc) is 3.31. The van der Waals surface area contributed by atoms with Crippen molar-refractivity contribution >= 4 is 5.91 Å². The van der Waals surface area contributed by atoms with E-state index in [9.17, 15) is 4.79 Å². The van der Waals surface area contributed by atoms with E-state index in [0.29, 0.717) is 13.0 Å². The molecular weight excluding hydrogens is 306 g/mol. The zero-order valence-electron chi connectivity index (χ0n) is 13.2. The highest BCUT2D eigenvalue weighted by Gasteiger charge is 2.21. The number of nitrogens with zero attached hydrogens (tertiary/aromatic N) is 6. The summed E-state index contributed by atoms with van der Waals surface area (Å²) in [5.74, 6) is -0.0863. The summed E-state index contributed by atoms with van der Waals surface area (Å²) in [6, 6.07) is 9.37. The Bertz CT molecular complexity index is 725. The van der Waals surface area contributed by atoms with E-state index < -0.39 is 6.04 Å². The summed E-state index contributed by atoms with van der Waals surface area (Å²) >= 11 is 0. The lowest BCUT2D eigenvalue weighted by molar-refractivity contribution is -0.124. The topological polar surface area (TPSA) is 90.5 Å². The van der Waals surface area contributed by atoms with Gasteiger partial charge in [0.2, 0.25) is 5.91 Å². The number of amides is 1. The second-order valence-corrected chi connectivity index (χ2v) is 5.44. The molecule has 2 heterocycles. The van der Waals surface area contributed by atoms with E-state index in [1.165, 1.54) is 11.0 Å². The number of hydrogen-bond donors (Lipinski definition) is 1. The molecule has 24 heavy (non-hydrogen) atoms. The Morgan fingerprint density at radius 2 is 2.08 bits per heavy atom. The molecule has 0 unspecified atom stereocenters. The van der Waals surface area contributed by atoms with Gasteiger partial charge in [-0.25, -0.2) is 9.67 Å². The molecule has 0 saturated carbocycles. The molecule has 3 aromatic rings. The molecule has 8 heteroatoms. The van der Waals surface area contributed by atoms with Crippen LogP contribution in [0.4, 0.5) is 0 Å². The third kappa shape index (κ3) is 4.25. The van der Waals surface area contributed by atoms with Crippen molar-refractivity contribution in [3.63, 3.8) is 0 Å². The molecule has 0 saturated heterocycles. The van der Waals surface area contributed by atoms with E-state index in [2.05, 4.69) is 25.8 Å². The Hall–Kier alpha value is -3.03. The smallest absolute Gasteiger partial charge is 0.245 e. The van der Waals surface area contributed by atoms with Gasteiger partial charge in [0, 0.05) is 31.9 Å². The summed E-state index contributed by atoms with van der Waals surface area (Å²) in [6.45, 7) is 1.40. The van der Waals surface area contributed by atoms with Crippen LogP contribution in [0.25, 0.3) is 0 Å². The Morgan fingerprint density at radius 1 is 1.21 bits per heavy atom. The molecule has 0 aliphatic rings. The van der Waals surface area contributed by atoms with E-state index in [0.717, 1.165) is 18.5 Å². The number of hydrogen-bond acceptors (Lipinski definition) is 5. The van der Waals surface area contributed by atoms with Gasteiger partial charge in [-0.1, -0.05) is 30.3 Å². The monoisotopic (exact) mass is 325 g/mol. The third-order valence-electron chi connectivity index (χ3n) is 3.71. The van der Waals surface area contributed by atoms with Crippen LogP contribution in [0, 0.1) is 0 Å². The van der Waals surface area contributed by atoms with Gasteiger partial charge >= 0.3 is 0 Å². The highest BCUT2D eigenvalue weighted by atomic mass is 16.2. The number of imidazole rings is 1. The summed E-state index contributed by atoms with van der Waals surface area (Å²) < 4.78 is 3.48. The van der Waals surface area contributed by atoms with Crippen LogP contribution >= 0.6 is 0 Å².